The largest absolute Gasteiger partial charge is 0.497 e. The van der Waals surface area contributed by atoms with Crippen LogP contribution in [0, 0.1) is 0 Å². The molecule has 0 radical (unpaired) electrons. The Kier molecular flexibility index (Phi) is 5.34. The van der Waals surface area contributed by atoms with Gasteiger partial charge in [-0.15, -0.1) is 0 Å². The number of hydrogen-bond acceptors (Lipinski definition) is 4. The smallest absolute Gasteiger partial charge is 0.257 e. The number of anilines is 1. The molecule has 0 bridgehead atoms. The molecule has 1 heterocycles. The summed E-state index contributed by atoms with van der Waals surface area (Å²) >= 11 is 6.04. The van der Waals surface area contributed by atoms with Crippen LogP contribution in [-0.4, -0.2) is 51.2 Å². The quantitative estimate of drug-likeness (QED) is 0.838. The van der Waals surface area contributed by atoms with Crippen molar-refractivity contribution < 1.29 is 14.3 Å². The Bertz CT molecular complexity index is 741. The van der Waals surface area contributed by atoms with E-state index in [0.717, 1.165) is 24.5 Å². The van der Waals surface area contributed by atoms with E-state index in [1.165, 1.54) is 0 Å². The molecule has 6 heteroatoms. The van der Waals surface area contributed by atoms with Gasteiger partial charge in [0.25, 0.3) is 5.91 Å². The van der Waals surface area contributed by atoms with Gasteiger partial charge in [-0.05, 0) is 42.5 Å². The summed E-state index contributed by atoms with van der Waals surface area (Å²) in [5.74, 6) is 1.34. The van der Waals surface area contributed by atoms with Crippen molar-refractivity contribution in [1.82, 2.24) is 4.90 Å². The normalized spacial score (nSPS) is 14.4. The lowest BCUT2D eigenvalue weighted by Crippen LogP contribution is -2.48. The summed E-state index contributed by atoms with van der Waals surface area (Å²) in [7, 11) is 3.21. The Labute approximate surface area is 152 Å². The summed E-state index contributed by atoms with van der Waals surface area (Å²) < 4.78 is 10.5. The SMILES string of the molecule is COc1ccc(N2CCN(C(=O)c3cc(Cl)ccc3OC)CC2)cc1. The van der Waals surface area contributed by atoms with E-state index in [1.54, 1.807) is 32.4 Å². The van der Waals surface area contributed by atoms with Crippen LogP contribution in [0.1, 0.15) is 10.4 Å². The number of carbonyl (C=O) groups excluding carboxylic acids is 1. The molecule has 0 N–H and O–H groups in total. The minimum Gasteiger partial charge on any atom is -0.497 e. The molecule has 132 valence electrons. The van der Waals surface area contributed by atoms with Crippen LogP contribution in [0.4, 0.5) is 5.69 Å². The van der Waals surface area contributed by atoms with Gasteiger partial charge < -0.3 is 19.3 Å². The van der Waals surface area contributed by atoms with Gasteiger partial charge in [-0.25, -0.2) is 0 Å². The fraction of sp³-hybridized carbons (Fsp3) is 0.316. The molecule has 3 rings (SSSR count). The molecule has 1 fully saturated rings. The van der Waals surface area contributed by atoms with Gasteiger partial charge in [-0.1, -0.05) is 11.6 Å². The van der Waals surface area contributed by atoms with Crippen LogP contribution in [0.5, 0.6) is 11.5 Å². The molecule has 25 heavy (non-hydrogen) atoms. The highest BCUT2D eigenvalue weighted by Gasteiger charge is 2.24. The van der Waals surface area contributed by atoms with Crippen LogP contribution in [0.3, 0.4) is 0 Å². The topological polar surface area (TPSA) is 42.0 Å². The first-order chi connectivity index (χ1) is 12.1. The van der Waals surface area contributed by atoms with Crippen molar-refractivity contribution in [3.05, 3.63) is 53.1 Å². The number of carbonyl (C=O) groups is 1. The standard InChI is InChI=1S/C19H21ClN2O3/c1-24-16-6-4-15(5-7-16)21-9-11-22(12-10-21)19(23)17-13-14(20)3-8-18(17)25-2/h3-8,13H,9-12H2,1-2H3. The van der Waals surface area contributed by atoms with E-state index < -0.39 is 0 Å². The van der Waals surface area contributed by atoms with E-state index >= 15 is 0 Å². The zero-order valence-electron chi connectivity index (χ0n) is 14.4. The summed E-state index contributed by atoms with van der Waals surface area (Å²) in [5, 5.41) is 0.529. The molecule has 2 aromatic carbocycles. The molecule has 0 unspecified atom stereocenters. The maximum absolute atomic E-state index is 12.8. The second kappa shape index (κ2) is 7.66. The predicted octanol–water partition coefficient (Wildman–Crippen LogP) is 3.32. The van der Waals surface area contributed by atoms with Gasteiger partial charge >= 0.3 is 0 Å². The number of hydrogen-bond donors (Lipinski definition) is 0. The molecule has 0 atom stereocenters. The first-order valence-electron chi connectivity index (χ1n) is 8.14. The number of methoxy groups -OCH3 is 2. The molecule has 5 nitrogen and oxygen atoms in total. The van der Waals surface area contributed by atoms with E-state index in [-0.39, 0.29) is 5.91 Å². The van der Waals surface area contributed by atoms with Gasteiger partial charge in [0.2, 0.25) is 0 Å². The number of piperazine rings is 1. The second-order valence-electron chi connectivity index (χ2n) is 5.82. The van der Waals surface area contributed by atoms with Crippen LogP contribution in [-0.2, 0) is 0 Å². The Morgan fingerprint density at radius 3 is 2.24 bits per heavy atom. The minimum atomic E-state index is -0.0475. The van der Waals surface area contributed by atoms with Crippen molar-refractivity contribution in [2.45, 2.75) is 0 Å². The van der Waals surface area contributed by atoms with Crippen molar-refractivity contribution >= 4 is 23.2 Å². The van der Waals surface area contributed by atoms with Gasteiger partial charge in [0.1, 0.15) is 11.5 Å². The number of rotatable bonds is 4. The number of amides is 1. The maximum atomic E-state index is 12.8. The van der Waals surface area contributed by atoms with Crippen LogP contribution in [0.25, 0.3) is 0 Å². The van der Waals surface area contributed by atoms with Crippen molar-refractivity contribution in [3.8, 4) is 11.5 Å². The van der Waals surface area contributed by atoms with E-state index in [1.807, 2.05) is 29.2 Å². The van der Waals surface area contributed by atoms with E-state index in [2.05, 4.69) is 4.90 Å². The van der Waals surface area contributed by atoms with Crippen molar-refractivity contribution in [2.75, 3.05) is 45.3 Å². The van der Waals surface area contributed by atoms with Gasteiger partial charge in [0, 0.05) is 36.9 Å². The van der Waals surface area contributed by atoms with Gasteiger partial charge in [0.05, 0.1) is 19.8 Å². The highest BCUT2D eigenvalue weighted by atomic mass is 35.5. The average molecular weight is 361 g/mol. The summed E-state index contributed by atoms with van der Waals surface area (Å²) in [5.41, 5.74) is 1.64. The van der Waals surface area contributed by atoms with E-state index in [0.29, 0.717) is 29.4 Å². The van der Waals surface area contributed by atoms with Gasteiger partial charge in [-0.2, -0.15) is 0 Å². The Balaban J connectivity index is 1.67. The average Bonchev–Trinajstić information content (AvgIpc) is 2.67. The third-order valence-corrected chi connectivity index (χ3v) is 4.63. The first kappa shape index (κ1) is 17.4. The molecule has 1 saturated heterocycles. The molecule has 1 aliphatic rings. The predicted molar refractivity (Wildman–Crippen MR) is 99.1 cm³/mol. The zero-order valence-corrected chi connectivity index (χ0v) is 15.1. The number of benzene rings is 2. The highest BCUT2D eigenvalue weighted by molar-refractivity contribution is 6.31. The minimum absolute atomic E-state index is 0.0475. The van der Waals surface area contributed by atoms with Crippen molar-refractivity contribution in [3.63, 3.8) is 0 Å². The Morgan fingerprint density at radius 2 is 1.64 bits per heavy atom. The molecule has 0 saturated carbocycles. The summed E-state index contributed by atoms with van der Waals surface area (Å²) in [6.45, 7) is 2.86. The summed E-state index contributed by atoms with van der Waals surface area (Å²) in [6, 6.07) is 13.1. The van der Waals surface area contributed by atoms with Crippen molar-refractivity contribution in [2.24, 2.45) is 0 Å². The summed E-state index contributed by atoms with van der Waals surface area (Å²) in [6.07, 6.45) is 0. The zero-order chi connectivity index (χ0) is 17.8. The van der Waals surface area contributed by atoms with Crippen LogP contribution >= 0.6 is 11.6 Å². The van der Waals surface area contributed by atoms with Crippen LogP contribution in [0.2, 0.25) is 5.02 Å². The molecule has 0 spiro atoms. The third-order valence-electron chi connectivity index (χ3n) is 4.40. The molecule has 1 aliphatic heterocycles. The Hall–Kier alpha value is -2.40. The lowest BCUT2D eigenvalue weighted by Gasteiger charge is -2.36. The van der Waals surface area contributed by atoms with Gasteiger partial charge in [-0.3, -0.25) is 4.79 Å². The molecule has 2 aromatic rings. The lowest BCUT2D eigenvalue weighted by molar-refractivity contribution is 0.0743. The number of halogens is 1. The molecular formula is C19H21ClN2O3. The molecular weight excluding hydrogens is 340 g/mol. The van der Waals surface area contributed by atoms with E-state index in [4.69, 9.17) is 21.1 Å². The van der Waals surface area contributed by atoms with Crippen LogP contribution in [0.15, 0.2) is 42.5 Å². The summed E-state index contributed by atoms with van der Waals surface area (Å²) in [4.78, 5) is 16.9. The Morgan fingerprint density at radius 1 is 0.960 bits per heavy atom. The maximum Gasteiger partial charge on any atom is 0.257 e. The fourth-order valence-electron chi connectivity index (χ4n) is 2.98. The monoisotopic (exact) mass is 360 g/mol. The number of ether oxygens (including phenoxy) is 2. The second-order valence-corrected chi connectivity index (χ2v) is 6.26. The first-order valence-corrected chi connectivity index (χ1v) is 8.52. The lowest BCUT2D eigenvalue weighted by atomic mass is 10.1. The molecule has 0 aromatic heterocycles. The third kappa shape index (κ3) is 3.82. The number of nitrogens with zero attached hydrogens (tertiary/aromatic N) is 2. The van der Waals surface area contributed by atoms with E-state index in [9.17, 15) is 4.79 Å². The van der Waals surface area contributed by atoms with Crippen LogP contribution < -0.4 is 14.4 Å². The highest BCUT2D eigenvalue weighted by Crippen LogP contribution is 2.25. The van der Waals surface area contributed by atoms with Crippen molar-refractivity contribution in [1.29, 1.82) is 0 Å². The molecule has 1 amide bonds. The fourth-order valence-corrected chi connectivity index (χ4v) is 3.15. The molecule has 0 aliphatic carbocycles. The van der Waals surface area contributed by atoms with Gasteiger partial charge in [0.15, 0.2) is 0 Å².